The largest absolute Gasteiger partial charge is 0.481 e. The summed E-state index contributed by atoms with van der Waals surface area (Å²) in [5.74, 6) is 0.527. The van der Waals surface area contributed by atoms with E-state index in [4.69, 9.17) is 14.2 Å². The highest BCUT2D eigenvalue weighted by atomic mass is 16.6. The molecule has 3 heterocycles. The van der Waals surface area contributed by atoms with Crippen LogP contribution < -0.4 is 9.47 Å². The van der Waals surface area contributed by atoms with Crippen LogP contribution in [0, 0.1) is 5.92 Å². The molecular weight excluding hydrogens is 396 g/mol. The molecule has 2 aromatic rings. The first-order chi connectivity index (χ1) is 15.1. The molecule has 4 rings (SSSR count). The molecule has 2 bridgehead atoms. The maximum atomic E-state index is 13.3. The highest BCUT2D eigenvalue weighted by Gasteiger charge is 2.44. The van der Waals surface area contributed by atoms with Crippen molar-refractivity contribution in [1.29, 1.82) is 0 Å². The smallest absolute Gasteiger partial charge is 0.410 e. The van der Waals surface area contributed by atoms with Crippen LogP contribution in [0.1, 0.15) is 48.0 Å². The fraction of sp³-hybridized carbons (Fsp3) is 0.458. The predicted octanol–water partition coefficient (Wildman–Crippen LogP) is 4.25. The molecule has 1 amide bonds. The SMILES string of the molecule is COc1ccc(C(=O)C2CC3CCCC(C2)N3C(=O)OCc2ccccc2)c(OC)n1. The van der Waals surface area contributed by atoms with Gasteiger partial charge in [0, 0.05) is 24.1 Å². The Morgan fingerprint density at radius 2 is 1.71 bits per heavy atom. The minimum atomic E-state index is -0.284. The molecule has 2 aliphatic heterocycles. The maximum Gasteiger partial charge on any atom is 0.410 e. The van der Waals surface area contributed by atoms with Gasteiger partial charge in [-0.2, -0.15) is 4.98 Å². The number of ether oxygens (including phenoxy) is 3. The fourth-order valence-electron chi connectivity index (χ4n) is 4.79. The first-order valence-corrected chi connectivity index (χ1v) is 10.7. The molecule has 1 aromatic carbocycles. The Morgan fingerprint density at radius 1 is 1.00 bits per heavy atom. The van der Waals surface area contributed by atoms with E-state index in [1.165, 1.54) is 14.2 Å². The lowest BCUT2D eigenvalue weighted by Gasteiger charge is -2.47. The lowest BCUT2D eigenvalue weighted by Crippen LogP contribution is -2.55. The van der Waals surface area contributed by atoms with Crippen molar-refractivity contribution in [2.24, 2.45) is 5.92 Å². The number of aromatic nitrogens is 1. The molecule has 2 atom stereocenters. The fourth-order valence-corrected chi connectivity index (χ4v) is 4.79. The maximum absolute atomic E-state index is 13.3. The second-order valence-electron chi connectivity index (χ2n) is 8.13. The average molecular weight is 424 g/mol. The van der Waals surface area contributed by atoms with Crippen molar-refractivity contribution in [3.63, 3.8) is 0 Å². The quantitative estimate of drug-likeness (QED) is 0.645. The number of carbonyl (C=O) groups excluding carboxylic acids is 2. The van der Waals surface area contributed by atoms with Crippen LogP contribution in [0.25, 0.3) is 0 Å². The van der Waals surface area contributed by atoms with Gasteiger partial charge in [-0.25, -0.2) is 4.79 Å². The predicted molar refractivity (Wildman–Crippen MR) is 114 cm³/mol. The van der Waals surface area contributed by atoms with E-state index >= 15 is 0 Å². The minimum absolute atomic E-state index is 0.0150. The normalized spacial score (nSPS) is 22.5. The molecule has 0 spiro atoms. The van der Waals surface area contributed by atoms with Crippen molar-refractivity contribution in [3.05, 3.63) is 53.6 Å². The number of pyridine rings is 1. The third kappa shape index (κ3) is 4.50. The van der Waals surface area contributed by atoms with Crippen molar-refractivity contribution in [2.45, 2.75) is 50.8 Å². The number of Topliss-reactive ketones (excluding diaryl/α,β-unsaturated/α-hetero) is 1. The van der Waals surface area contributed by atoms with Gasteiger partial charge in [-0.3, -0.25) is 4.79 Å². The van der Waals surface area contributed by atoms with Crippen LogP contribution in [-0.2, 0) is 11.3 Å². The molecule has 2 aliphatic rings. The number of ketones is 1. The molecule has 7 heteroatoms. The van der Waals surface area contributed by atoms with Crippen molar-refractivity contribution >= 4 is 11.9 Å². The number of carbonyl (C=O) groups is 2. The molecule has 7 nitrogen and oxygen atoms in total. The van der Waals surface area contributed by atoms with Gasteiger partial charge >= 0.3 is 6.09 Å². The van der Waals surface area contributed by atoms with Crippen LogP contribution in [-0.4, -0.2) is 48.1 Å². The van der Waals surface area contributed by atoms with Crippen LogP contribution in [0.4, 0.5) is 4.79 Å². The van der Waals surface area contributed by atoms with Crippen molar-refractivity contribution < 1.29 is 23.8 Å². The summed E-state index contributed by atoms with van der Waals surface area (Å²) in [5.41, 5.74) is 1.43. The molecule has 164 valence electrons. The first kappa shape index (κ1) is 21.2. The number of hydrogen-bond donors (Lipinski definition) is 0. The van der Waals surface area contributed by atoms with Crippen molar-refractivity contribution in [2.75, 3.05) is 14.2 Å². The molecule has 0 saturated carbocycles. The summed E-state index contributed by atoms with van der Waals surface area (Å²) in [6, 6.07) is 13.1. The van der Waals surface area contributed by atoms with E-state index in [-0.39, 0.29) is 42.4 Å². The average Bonchev–Trinajstić information content (AvgIpc) is 2.81. The number of fused-ring (bicyclic) bond motifs is 2. The van der Waals surface area contributed by atoms with Crippen molar-refractivity contribution in [3.8, 4) is 11.8 Å². The summed E-state index contributed by atoms with van der Waals surface area (Å²) in [4.78, 5) is 32.3. The van der Waals surface area contributed by atoms with Gasteiger partial charge < -0.3 is 19.1 Å². The van der Waals surface area contributed by atoms with E-state index in [0.29, 0.717) is 24.3 Å². The summed E-state index contributed by atoms with van der Waals surface area (Å²) in [6.45, 7) is 0.257. The first-order valence-electron chi connectivity index (χ1n) is 10.7. The standard InChI is InChI=1S/C24H28N2O5/c1-29-21-12-11-20(23(25-21)30-2)22(27)17-13-18-9-6-10-19(14-17)26(18)24(28)31-15-16-7-4-3-5-8-16/h3-5,7-8,11-12,17-19H,6,9-10,13-15H2,1-2H3. The summed E-state index contributed by atoms with van der Waals surface area (Å²) in [5, 5.41) is 0. The van der Waals surface area contributed by atoms with E-state index in [1.807, 2.05) is 35.2 Å². The van der Waals surface area contributed by atoms with E-state index in [0.717, 1.165) is 24.8 Å². The lowest BCUT2D eigenvalue weighted by atomic mass is 9.76. The van der Waals surface area contributed by atoms with Crippen LogP contribution in [0.5, 0.6) is 11.8 Å². The summed E-state index contributed by atoms with van der Waals surface area (Å²) in [7, 11) is 3.02. The second-order valence-corrected chi connectivity index (χ2v) is 8.13. The molecule has 0 radical (unpaired) electrons. The zero-order valence-electron chi connectivity index (χ0n) is 18.0. The number of piperidine rings is 2. The highest BCUT2D eigenvalue weighted by Crippen LogP contribution is 2.39. The van der Waals surface area contributed by atoms with Crippen LogP contribution in [0.3, 0.4) is 0 Å². The Kier molecular flexibility index (Phi) is 6.39. The summed E-state index contributed by atoms with van der Waals surface area (Å²) < 4.78 is 16.1. The molecule has 0 N–H and O–H groups in total. The Labute approximate surface area is 182 Å². The van der Waals surface area contributed by atoms with Crippen LogP contribution in [0.15, 0.2) is 42.5 Å². The Hall–Kier alpha value is -3.09. The summed E-state index contributed by atoms with van der Waals surface area (Å²) in [6.07, 6.45) is 3.81. The molecule has 31 heavy (non-hydrogen) atoms. The van der Waals surface area contributed by atoms with E-state index in [9.17, 15) is 9.59 Å². The highest BCUT2D eigenvalue weighted by molar-refractivity contribution is 6.00. The Balaban J connectivity index is 1.45. The Bertz CT molecular complexity index is 919. The minimum Gasteiger partial charge on any atom is -0.481 e. The molecule has 2 unspecified atom stereocenters. The lowest BCUT2D eigenvalue weighted by molar-refractivity contribution is 0.00465. The number of methoxy groups -OCH3 is 2. The number of rotatable bonds is 6. The molecule has 0 aliphatic carbocycles. The third-order valence-corrected chi connectivity index (χ3v) is 6.26. The van der Waals surface area contributed by atoms with Crippen molar-refractivity contribution in [1.82, 2.24) is 9.88 Å². The Morgan fingerprint density at radius 3 is 2.35 bits per heavy atom. The topological polar surface area (TPSA) is 78.0 Å². The second kappa shape index (κ2) is 9.37. The molecule has 2 fully saturated rings. The number of nitrogens with zero attached hydrogens (tertiary/aromatic N) is 2. The molecule has 1 aromatic heterocycles. The zero-order valence-corrected chi connectivity index (χ0v) is 18.0. The van der Waals surface area contributed by atoms with Gasteiger partial charge in [-0.15, -0.1) is 0 Å². The molecular formula is C24H28N2O5. The van der Waals surface area contributed by atoms with E-state index in [2.05, 4.69) is 4.98 Å². The van der Waals surface area contributed by atoms with Gasteiger partial charge in [-0.05, 0) is 43.7 Å². The van der Waals surface area contributed by atoms with Gasteiger partial charge in [0.1, 0.15) is 6.61 Å². The zero-order chi connectivity index (χ0) is 21.8. The number of hydrogen-bond acceptors (Lipinski definition) is 6. The van der Waals surface area contributed by atoms with E-state index in [1.54, 1.807) is 12.1 Å². The van der Waals surface area contributed by atoms with Gasteiger partial charge in [0.2, 0.25) is 11.8 Å². The van der Waals surface area contributed by atoms with Gasteiger partial charge in [-0.1, -0.05) is 30.3 Å². The van der Waals surface area contributed by atoms with Crippen LogP contribution >= 0.6 is 0 Å². The van der Waals surface area contributed by atoms with Gasteiger partial charge in [0.15, 0.2) is 5.78 Å². The van der Waals surface area contributed by atoms with Gasteiger partial charge in [0.05, 0.1) is 19.8 Å². The molecule has 2 saturated heterocycles. The number of amides is 1. The van der Waals surface area contributed by atoms with Crippen LogP contribution in [0.2, 0.25) is 0 Å². The van der Waals surface area contributed by atoms with Gasteiger partial charge in [0.25, 0.3) is 0 Å². The summed E-state index contributed by atoms with van der Waals surface area (Å²) >= 11 is 0. The monoisotopic (exact) mass is 424 g/mol. The number of benzene rings is 1. The third-order valence-electron chi connectivity index (χ3n) is 6.26. The van der Waals surface area contributed by atoms with E-state index < -0.39 is 0 Å².